The standard InChI is InChI=1S/C25H20F2N6O/c1-34-19-12-10-18(11-13-19)33-23(28)21-22(15-6-8-17(26)9-7-15)30-25(31-24(21)32-33)29-14-16-4-2-3-5-20(16)27/h2-13H,14,28H2,1H3,(H,29,31,32). The summed E-state index contributed by atoms with van der Waals surface area (Å²) >= 11 is 0. The Kier molecular flexibility index (Phi) is 5.51. The molecule has 0 fully saturated rings. The summed E-state index contributed by atoms with van der Waals surface area (Å²) in [4.78, 5) is 9.13. The summed E-state index contributed by atoms with van der Waals surface area (Å²) in [7, 11) is 1.59. The fourth-order valence-corrected chi connectivity index (χ4v) is 3.64. The van der Waals surface area contributed by atoms with Gasteiger partial charge in [0, 0.05) is 17.7 Å². The zero-order chi connectivity index (χ0) is 23.7. The van der Waals surface area contributed by atoms with Crippen molar-refractivity contribution in [1.82, 2.24) is 19.7 Å². The average molecular weight is 458 g/mol. The first-order valence-corrected chi connectivity index (χ1v) is 10.5. The molecule has 3 aromatic carbocycles. The molecule has 3 N–H and O–H groups in total. The van der Waals surface area contributed by atoms with Crippen molar-refractivity contribution in [2.75, 3.05) is 18.2 Å². The summed E-state index contributed by atoms with van der Waals surface area (Å²) in [6.45, 7) is 0.176. The minimum atomic E-state index is -0.367. The number of anilines is 2. The van der Waals surface area contributed by atoms with E-state index in [0.717, 1.165) is 0 Å². The highest BCUT2D eigenvalue weighted by molar-refractivity contribution is 5.99. The lowest BCUT2D eigenvalue weighted by atomic mass is 10.1. The number of nitrogens with two attached hydrogens (primary N) is 1. The maximum Gasteiger partial charge on any atom is 0.225 e. The van der Waals surface area contributed by atoms with Crippen LogP contribution in [0, 0.1) is 11.6 Å². The topological polar surface area (TPSA) is 90.9 Å². The summed E-state index contributed by atoms with van der Waals surface area (Å²) in [6.07, 6.45) is 0. The summed E-state index contributed by atoms with van der Waals surface area (Å²) in [5.41, 5.74) is 9.14. The maximum atomic E-state index is 14.1. The zero-order valence-corrected chi connectivity index (χ0v) is 18.2. The molecule has 5 rings (SSSR count). The molecule has 0 spiro atoms. The van der Waals surface area contributed by atoms with Gasteiger partial charge in [0.25, 0.3) is 0 Å². The number of halogens is 2. The second-order valence-corrected chi connectivity index (χ2v) is 7.54. The van der Waals surface area contributed by atoms with Crippen LogP contribution in [0.1, 0.15) is 5.56 Å². The number of aromatic nitrogens is 4. The summed E-state index contributed by atoms with van der Waals surface area (Å²) < 4.78 is 34.4. The number of methoxy groups -OCH3 is 1. The molecule has 2 heterocycles. The van der Waals surface area contributed by atoms with Crippen molar-refractivity contribution in [2.24, 2.45) is 0 Å². The van der Waals surface area contributed by atoms with E-state index in [4.69, 9.17) is 10.5 Å². The lowest BCUT2D eigenvalue weighted by Gasteiger charge is -2.09. The molecule has 0 saturated carbocycles. The second kappa shape index (κ2) is 8.78. The van der Waals surface area contributed by atoms with Gasteiger partial charge in [0.2, 0.25) is 5.95 Å². The van der Waals surface area contributed by atoms with Crippen LogP contribution in [0.3, 0.4) is 0 Å². The highest BCUT2D eigenvalue weighted by Gasteiger charge is 2.19. The van der Waals surface area contributed by atoms with E-state index in [1.54, 1.807) is 54.3 Å². The van der Waals surface area contributed by atoms with Gasteiger partial charge in [-0.05, 0) is 54.6 Å². The Morgan fingerprint density at radius 2 is 1.68 bits per heavy atom. The Bertz CT molecular complexity index is 1470. The molecule has 0 radical (unpaired) electrons. The van der Waals surface area contributed by atoms with Crippen molar-refractivity contribution in [1.29, 1.82) is 0 Å². The van der Waals surface area contributed by atoms with Crippen LogP contribution in [0.25, 0.3) is 28.0 Å². The largest absolute Gasteiger partial charge is 0.497 e. The second-order valence-electron chi connectivity index (χ2n) is 7.54. The highest BCUT2D eigenvalue weighted by atomic mass is 19.1. The molecule has 0 unspecified atom stereocenters. The summed E-state index contributed by atoms with van der Waals surface area (Å²) in [5, 5.41) is 8.17. The Balaban J connectivity index is 1.62. The third-order valence-electron chi connectivity index (χ3n) is 5.40. The molecule has 0 bridgehead atoms. The molecule has 0 atom stereocenters. The molecule has 0 aliphatic rings. The molecule has 0 saturated heterocycles. The molecule has 5 aromatic rings. The van der Waals surface area contributed by atoms with Gasteiger partial charge < -0.3 is 15.8 Å². The number of nitrogens with one attached hydrogen (secondary N) is 1. The number of ether oxygens (including phenoxy) is 1. The number of fused-ring (bicyclic) bond motifs is 1. The number of nitrogen functional groups attached to an aromatic ring is 1. The normalized spacial score (nSPS) is 11.0. The van der Waals surface area contributed by atoms with Gasteiger partial charge >= 0.3 is 0 Å². The monoisotopic (exact) mass is 458 g/mol. The Morgan fingerprint density at radius 1 is 0.941 bits per heavy atom. The summed E-state index contributed by atoms with van der Waals surface area (Å²) in [6, 6.07) is 19.6. The third kappa shape index (κ3) is 3.99. The van der Waals surface area contributed by atoms with Crippen molar-refractivity contribution < 1.29 is 13.5 Å². The Morgan fingerprint density at radius 3 is 2.38 bits per heavy atom. The van der Waals surface area contributed by atoms with Gasteiger partial charge in [-0.25, -0.2) is 18.4 Å². The van der Waals surface area contributed by atoms with E-state index in [1.807, 2.05) is 12.1 Å². The van der Waals surface area contributed by atoms with E-state index in [9.17, 15) is 8.78 Å². The van der Waals surface area contributed by atoms with Crippen molar-refractivity contribution in [3.8, 4) is 22.7 Å². The third-order valence-corrected chi connectivity index (χ3v) is 5.40. The first-order valence-electron chi connectivity index (χ1n) is 10.5. The van der Waals surface area contributed by atoms with Crippen LogP contribution < -0.4 is 15.8 Å². The van der Waals surface area contributed by atoms with Crippen LogP contribution >= 0.6 is 0 Å². The number of nitrogens with zero attached hydrogens (tertiary/aromatic N) is 4. The fourth-order valence-electron chi connectivity index (χ4n) is 3.64. The molecule has 0 amide bonds. The van der Waals surface area contributed by atoms with Crippen LogP contribution in [0.15, 0.2) is 72.8 Å². The number of hydrogen-bond donors (Lipinski definition) is 2. The van der Waals surface area contributed by atoms with Crippen LogP contribution in [0.4, 0.5) is 20.5 Å². The molecule has 34 heavy (non-hydrogen) atoms. The quantitative estimate of drug-likeness (QED) is 0.374. The van der Waals surface area contributed by atoms with Crippen molar-refractivity contribution in [3.63, 3.8) is 0 Å². The number of rotatable bonds is 6. The van der Waals surface area contributed by atoms with Crippen LogP contribution in [-0.2, 0) is 6.54 Å². The number of hydrogen-bond acceptors (Lipinski definition) is 6. The van der Waals surface area contributed by atoms with E-state index in [0.29, 0.717) is 45.1 Å². The average Bonchev–Trinajstić information content (AvgIpc) is 3.20. The maximum absolute atomic E-state index is 14.1. The summed E-state index contributed by atoms with van der Waals surface area (Å²) in [5.74, 6) is 0.580. The van der Waals surface area contributed by atoms with Gasteiger partial charge in [0.05, 0.1) is 23.9 Å². The van der Waals surface area contributed by atoms with E-state index in [2.05, 4.69) is 20.4 Å². The minimum absolute atomic E-state index is 0.176. The van der Waals surface area contributed by atoms with E-state index >= 15 is 0 Å². The molecular formula is C25H20F2N6O. The van der Waals surface area contributed by atoms with Crippen LogP contribution in [-0.4, -0.2) is 26.9 Å². The van der Waals surface area contributed by atoms with Gasteiger partial charge in [-0.2, -0.15) is 4.98 Å². The van der Waals surface area contributed by atoms with Gasteiger partial charge in [0.1, 0.15) is 23.2 Å². The van der Waals surface area contributed by atoms with Gasteiger partial charge in [-0.15, -0.1) is 5.10 Å². The molecule has 170 valence electrons. The first kappa shape index (κ1) is 21.3. The van der Waals surface area contributed by atoms with Crippen molar-refractivity contribution in [2.45, 2.75) is 6.54 Å². The predicted molar refractivity (Wildman–Crippen MR) is 127 cm³/mol. The Labute approximate surface area is 193 Å². The zero-order valence-electron chi connectivity index (χ0n) is 18.2. The SMILES string of the molecule is COc1ccc(-n2nc3nc(NCc4ccccc4F)nc(-c4ccc(F)cc4)c3c2N)cc1. The molecule has 9 heteroatoms. The minimum Gasteiger partial charge on any atom is -0.497 e. The molecule has 2 aromatic heterocycles. The number of benzene rings is 3. The van der Waals surface area contributed by atoms with Gasteiger partial charge in [-0.3, -0.25) is 0 Å². The predicted octanol–water partition coefficient (Wildman–Crippen LogP) is 4.96. The smallest absolute Gasteiger partial charge is 0.225 e. The molecule has 0 aliphatic heterocycles. The first-order chi connectivity index (χ1) is 16.5. The van der Waals surface area contributed by atoms with E-state index in [-0.39, 0.29) is 24.1 Å². The molecule has 7 nitrogen and oxygen atoms in total. The van der Waals surface area contributed by atoms with Gasteiger partial charge in [0.15, 0.2) is 5.65 Å². The van der Waals surface area contributed by atoms with Gasteiger partial charge in [-0.1, -0.05) is 18.2 Å². The fraction of sp³-hybridized carbons (Fsp3) is 0.0800. The highest BCUT2D eigenvalue weighted by Crippen LogP contribution is 2.33. The van der Waals surface area contributed by atoms with Crippen molar-refractivity contribution >= 4 is 22.8 Å². The van der Waals surface area contributed by atoms with Crippen LogP contribution in [0.2, 0.25) is 0 Å². The van der Waals surface area contributed by atoms with Crippen molar-refractivity contribution in [3.05, 3.63) is 90.0 Å². The Hall–Kier alpha value is -4.53. The van der Waals surface area contributed by atoms with E-state index < -0.39 is 0 Å². The molecular weight excluding hydrogens is 438 g/mol. The van der Waals surface area contributed by atoms with Crippen LogP contribution in [0.5, 0.6) is 5.75 Å². The lowest BCUT2D eigenvalue weighted by molar-refractivity contribution is 0.414. The molecule has 0 aliphatic carbocycles. The lowest BCUT2D eigenvalue weighted by Crippen LogP contribution is -2.06. The van der Waals surface area contributed by atoms with E-state index in [1.165, 1.54) is 18.2 Å².